The van der Waals surface area contributed by atoms with Gasteiger partial charge in [-0.25, -0.2) is 0 Å². The van der Waals surface area contributed by atoms with Gasteiger partial charge >= 0.3 is 0 Å². The molecule has 1 fully saturated rings. The summed E-state index contributed by atoms with van der Waals surface area (Å²) in [4.78, 5) is 32.9. The largest absolute Gasteiger partial charge is 0.446 e. The van der Waals surface area contributed by atoms with Gasteiger partial charge < -0.3 is 9.64 Å². The standard InChI is InChI=1S/C21H20BrN3O3/c22-17-8-6-15(7-9-17)18(26)14-24-10-12-25(13-11-24)21-23-20(27)19(28-21)16-4-2-1-3-5-16/h1-9,19H,10-14H2. The van der Waals surface area contributed by atoms with E-state index in [1.165, 1.54) is 0 Å². The Morgan fingerprint density at radius 2 is 1.71 bits per heavy atom. The van der Waals surface area contributed by atoms with Gasteiger partial charge in [-0.1, -0.05) is 58.4 Å². The molecule has 2 aromatic rings. The van der Waals surface area contributed by atoms with Gasteiger partial charge in [0.15, 0.2) is 5.78 Å². The molecule has 1 amide bonds. The lowest BCUT2D eigenvalue weighted by atomic mass is 10.1. The number of ether oxygens (including phenoxy) is 1. The molecular formula is C21H20BrN3O3. The van der Waals surface area contributed by atoms with E-state index in [4.69, 9.17) is 4.74 Å². The maximum absolute atomic E-state index is 12.4. The highest BCUT2D eigenvalue weighted by molar-refractivity contribution is 9.10. The molecule has 2 aromatic carbocycles. The first-order valence-corrected chi connectivity index (χ1v) is 9.99. The molecule has 2 heterocycles. The number of Topliss-reactive ketones (excluding diaryl/α,β-unsaturated/α-hetero) is 1. The van der Waals surface area contributed by atoms with Crippen LogP contribution >= 0.6 is 15.9 Å². The third-order valence-corrected chi connectivity index (χ3v) is 5.46. The molecule has 2 aliphatic heterocycles. The first-order chi connectivity index (χ1) is 13.6. The van der Waals surface area contributed by atoms with Crippen LogP contribution in [0.15, 0.2) is 64.1 Å². The minimum absolute atomic E-state index is 0.106. The van der Waals surface area contributed by atoms with Crippen molar-refractivity contribution >= 4 is 33.6 Å². The zero-order valence-electron chi connectivity index (χ0n) is 15.3. The third-order valence-electron chi connectivity index (χ3n) is 4.93. The van der Waals surface area contributed by atoms with Crippen LogP contribution < -0.4 is 0 Å². The second-order valence-corrected chi connectivity index (χ2v) is 7.75. The van der Waals surface area contributed by atoms with E-state index >= 15 is 0 Å². The summed E-state index contributed by atoms with van der Waals surface area (Å²) in [6.07, 6.45) is -0.659. The molecule has 1 atom stereocenters. The average molecular weight is 442 g/mol. The van der Waals surface area contributed by atoms with Crippen molar-refractivity contribution in [2.24, 2.45) is 4.99 Å². The highest BCUT2D eigenvalue weighted by atomic mass is 79.9. The number of carbonyl (C=O) groups is 2. The van der Waals surface area contributed by atoms with Crippen molar-refractivity contribution in [3.63, 3.8) is 0 Å². The van der Waals surface area contributed by atoms with Gasteiger partial charge in [-0.05, 0) is 12.1 Å². The maximum atomic E-state index is 12.4. The molecule has 0 spiro atoms. The van der Waals surface area contributed by atoms with Gasteiger partial charge in [-0.2, -0.15) is 4.99 Å². The monoisotopic (exact) mass is 441 g/mol. The minimum Gasteiger partial charge on any atom is -0.446 e. The SMILES string of the molecule is O=C(CN1CCN(C2=NC(=O)C(c3ccccc3)O2)CC1)c1ccc(Br)cc1. The van der Waals surface area contributed by atoms with Gasteiger partial charge in [-0.15, -0.1) is 0 Å². The molecule has 0 saturated carbocycles. The summed E-state index contributed by atoms with van der Waals surface area (Å²) >= 11 is 3.38. The van der Waals surface area contributed by atoms with Gasteiger partial charge in [0.25, 0.3) is 11.9 Å². The summed E-state index contributed by atoms with van der Waals surface area (Å²) in [5.41, 5.74) is 1.52. The number of ketones is 1. The molecule has 4 rings (SSSR count). The average Bonchev–Trinajstić information content (AvgIpc) is 3.11. The second kappa shape index (κ2) is 8.24. The number of amidine groups is 1. The molecule has 0 aromatic heterocycles. The molecule has 0 N–H and O–H groups in total. The molecule has 0 radical (unpaired) electrons. The molecular weight excluding hydrogens is 422 g/mol. The quantitative estimate of drug-likeness (QED) is 0.682. The van der Waals surface area contributed by atoms with E-state index in [9.17, 15) is 9.59 Å². The van der Waals surface area contributed by atoms with Crippen LogP contribution in [0.25, 0.3) is 0 Å². The first-order valence-electron chi connectivity index (χ1n) is 9.20. The zero-order chi connectivity index (χ0) is 19.5. The number of amides is 1. The van der Waals surface area contributed by atoms with E-state index in [2.05, 4.69) is 25.8 Å². The number of hydrogen-bond acceptors (Lipinski definition) is 5. The summed E-state index contributed by atoms with van der Waals surface area (Å²) in [6.45, 7) is 3.15. The molecule has 7 heteroatoms. The van der Waals surface area contributed by atoms with E-state index in [-0.39, 0.29) is 11.7 Å². The highest BCUT2D eigenvalue weighted by Gasteiger charge is 2.34. The Morgan fingerprint density at radius 3 is 2.39 bits per heavy atom. The first kappa shape index (κ1) is 18.8. The molecule has 144 valence electrons. The number of rotatable bonds is 4. The van der Waals surface area contributed by atoms with E-state index in [1.807, 2.05) is 59.5 Å². The van der Waals surface area contributed by atoms with Gasteiger partial charge in [0.05, 0.1) is 6.54 Å². The Bertz CT molecular complexity index is 891. The second-order valence-electron chi connectivity index (χ2n) is 6.83. The van der Waals surface area contributed by atoms with Crippen molar-refractivity contribution in [2.45, 2.75) is 6.10 Å². The Morgan fingerprint density at radius 1 is 1.04 bits per heavy atom. The van der Waals surface area contributed by atoms with E-state index in [0.29, 0.717) is 31.2 Å². The third kappa shape index (κ3) is 4.15. The lowest BCUT2D eigenvalue weighted by Gasteiger charge is -2.34. The van der Waals surface area contributed by atoms with Crippen molar-refractivity contribution in [1.82, 2.24) is 9.80 Å². The molecule has 0 aliphatic carbocycles. The van der Waals surface area contributed by atoms with Crippen LogP contribution in [0.5, 0.6) is 0 Å². The van der Waals surface area contributed by atoms with Crippen LogP contribution in [-0.4, -0.2) is 60.2 Å². The lowest BCUT2D eigenvalue weighted by molar-refractivity contribution is -0.123. The van der Waals surface area contributed by atoms with Crippen molar-refractivity contribution in [1.29, 1.82) is 0 Å². The van der Waals surface area contributed by atoms with Crippen LogP contribution in [-0.2, 0) is 9.53 Å². The number of piperazine rings is 1. The summed E-state index contributed by atoms with van der Waals surface area (Å²) in [5, 5.41) is 0. The van der Waals surface area contributed by atoms with Gasteiger partial charge in [-0.3, -0.25) is 14.5 Å². The Kier molecular flexibility index (Phi) is 5.54. The minimum atomic E-state index is -0.659. The Labute approximate surface area is 171 Å². The number of aliphatic imine (C=N–C) groups is 1. The number of halogens is 1. The molecule has 1 saturated heterocycles. The van der Waals surface area contributed by atoms with Crippen LogP contribution in [0.4, 0.5) is 0 Å². The fourth-order valence-electron chi connectivity index (χ4n) is 3.35. The number of hydrogen-bond donors (Lipinski definition) is 0. The van der Waals surface area contributed by atoms with E-state index in [0.717, 1.165) is 23.1 Å². The smallest absolute Gasteiger partial charge is 0.296 e. The fraction of sp³-hybridized carbons (Fsp3) is 0.286. The normalized spacial score (nSPS) is 20.0. The predicted molar refractivity (Wildman–Crippen MR) is 109 cm³/mol. The van der Waals surface area contributed by atoms with Crippen LogP contribution in [0, 0.1) is 0 Å². The van der Waals surface area contributed by atoms with Crippen molar-refractivity contribution in [3.05, 3.63) is 70.2 Å². The van der Waals surface area contributed by atoms with E-state index in [1.54, 1.807) is 0 Å². The molecule has 6 nitrogen and oxygen atoms in total. The molecule has 28 heavy (non-hydrogen) atoms. The number of nitrogens with zero attached hydrogens (tertiary/aromatic N) is 3. The van der Waals surface area contributed by atoms with Crippen molar-refractivity contribution < 1.29 is 14.3 Å². The summed E-state index contributed by atoms with van der Waals surface area (Å²) in [5.74, 6) is -0.163. The predicted octanol–water partition coefficient (Wildman–Crippen LogP) is 2.90. The summed E-state index contributed by atoms with van der Waals surface area (Å²) < 4.78 is 6.79. The van der Waals surface area contributed by atoms with E-state index < -0.39 is 6.10 Å². The van der Waals surface area contributed by atoms with Crippen molar-refractivity contribution in [2.75, 3.05) is 32.7 Å². The fourth-order valence-corrected chi connectivity index (χ4v) is 3.61. The van der Waals surface area contributed by atoms with Crippen LogP contribution in [0.1, 0.15) is 22.0 Å². The Hall–Kier alpha value is -2.51. The molecule has 2 aliphatic rings. The topological polar surface area (TPSA) is 62.2 Å². The summed E-state index contributed by atoms with van der Waals surface area (Å²) in [7, 11) is 0. The lowest BCUT2D eigenvalue weighted by Crippen LogP contribution is -2.50. The van der Waals surface area contributed by atoms with Gasteiger partial charge in [0.2, 0.25) is 6.10 Å². The number of benzene rings is 2. The summed E-state index contributed by atoms with van der Waals surface area (Å²) in [6, 6.07) is 17.2. The highest BCUT2D eigenvalue weighted by Crippen LogP contribution is 2.25. The zero-order valence-corrected chi connectivity index (χ0v) is 16.8. The van der Waals surface area contributed by atoms with Gasteiger partial charge in [0, 0.05) is 41.8 Å². The molecule has 1 unspecified atom stereocenters. The molecule has 0 bridgehead atoms. The van der Waals surface area contributed by atoms with Gasteiger partial charge in [0.1, 0.15) is 0 Å². The van der Waals surface area contributed by atoms with Crippen molar-refractivity contribution in [3.8, 4) is 0 Å². The Balaban J connectivity index is 1.31. The van der Waals surface area contributed by atoms with Crippen LogP contribution in [0.2, 0.25) is 0 Å². The van der Waals surface area contributed by atoms with Crippen LogP contribution in [0.3, 0.4) is 0 Å². The maximum Gasteiger partial charge on any atom is 0.296 e. The number of carbonyl (C=O) groups excluding carboxylic acids is 2.